The van der Waals surface area contributed by atoms with Crippen molar-refractivity contribution in [2.24, 2.45) is 0 Å². The van der Waals surface area contributed by atoms with Crippen molar-refractivity contribution in [3.8, 4) is 23.2 Å². The number of nitrogens with two attached hydrogens (primary N) is 1. The molecule has 5 heterocycles. The molecular weight excluding hydrogens is 622 g/mol. The predicted octanol–water partition coefficient (Wildman–Crippen LogP) is 6.05. The van der Waals surface area contributed by atoms with E-state index in [-0.39, 0.29) is 82.3 Å². The zero-order chi connectivity index (χ0) is 31.8. The molecule has 0 radical (unpaired) electrons. The van der Waals surface area contributed by atoms with E-state index in [1.165, 1.54) is 0 Å². The van der Waals surface area contributed by atoms with Crippen LogP contribution in [0.2, 0.25) is 0 Å². The smallest absolute Gasteiger partial charge is 0.417 e. The Hall–Kier alpha value is -3.87. The van der Waals surface area contributed by atoms with E-state index in [2.05, 4.69) is 9.97 Å². The van der Waals surface area contributed by atoms with Crippen LogP contribution in [0.15, 0.2) is 18.2 Å². The molecular formula is C30H26F6N6O2S. The largest absolute Gasteiger partial charge is 0.461 e. The molecule has 0 aliphatic carbocycles. The molecule has 7 rings (SSSR count). The summed E-state index contributed by atoms with van der Waals surface area (Å²) in [6.07, 6.45) is -4.30. The van der Waals surface area contributed by atoms with E-state index in [1.807, 2.05) is 11.0 Å². The lowest BCUT2D eigenvalue weighted by atomic mass is 9.92. The van der Waals surface area contributed by atoms with Gasteiger partial charge in [0.1, 0.15) is 41.0 Å². The van der Waals surface area contributed by atoms with Gasteiger partial charge in [0.05, 0.1) is 40.6 Å². The maximum absolute atomic E-state index is 16.8. The fraction of sp³-hybridized carbons (Fsp3) is 0.433. The number of benzene rings is 2. The van der Waals surface area contributed by atoms with Gasteiger partial charge >= 0.3 is 12.2 Å². The molecule has 0 bridgehead atoms. The number of alkyl halides is 4. The lowest BCUT2D eigenvalue weighted by Crippen LogP contribution is -2.47. The average molecular weight is 649 g/mol. The Balaban J connectivity index is 1.45. The second-order valence-corrected chi connectivity index (χ2v) is 12.8. The van der Waals surface area contributed by atoms with Gasteiger partial charge in [-0.15, -0.1) is 11.3 Å². The number of nitrogens with zero attached hydrogens (tertiary/aromatic N) is 5. The lowest BCUT2D eigenvalue weighted by molar-refractivity contribution is -0.137. The van der Waals surface area contributed by atoms with Gasteiger partial charge in [0.25, 0.3) is 0 Å². The molecule has 15 heteroatoms. The lowest BCUT2D eigenvalue weighted by Gasteiger charge is -2.36. The highest BCUT2D eigenvalue weighted by atomic mass is 32.1. The molecule has 3 aliphatic heterocycles. The number of fused-ring (bicyclic) bond motifs is 3. The van der Waals surface area contributed by atoms with Gasteiger partial charge in [-0.3, -0.25) is 4.90 Å². The van der Waals surface area contributed by atoms with Gasteiger partial charge in [-0.2, -0.15) is 28.4 Å². The number of nitrogen functional groups attached to an aromatic ring is 1. The highest BCUT2D eigenvalue weighted by Crippen LogP contribution is 2.48. The van der Waals surface area contributed by atoms with E-state index in [9.17, 15) is 27.2 Å². The second kappa shape index (κ2) is 10.6. The minimum Gasteiger partial charge on any atom is -0.461 e. The Labute approximate surface area is 256 Å². The van der Waals surface area contributed by atoms with Crippen LogP contribution >= 0.6 is 11.3 Å². The van der Waals surface area contributed by atoms with Crippen molar-refractivity contribution in [3.63, 3.8) is 0 Å². The standard InChI is InChI=1S/C30H26F6N6O2S/c1-41(15-11-43-12-15)27-17-7-19(30(34,35)36)22(16-3-4-20(32)25-21(16)18(9-37)26(38)45-25)23(33)24(17)39-28(40-27)44-13-29-5-2-6-42(29)10-14(31)8-29/h3-4,7,14-15H,2,5-6,8,10-13,38H2,1H3. The number of thiophene rings is 1. The predicted molar refractivity (Wildman–Crippen MR) is 156 cm³/mol. The molecule has 45 heavy (non-hydrogen) atoms. The molecule has 2 N–H and O–H groups in total. The molecule has 2 aromatic carbocycles. The van der Waals surface area contributed by atoms with Crippen molar-refractivity contribution in [2.75, 3.05) is 50.6 Å². The molecule has 0 spiro atoms. The van der Waals surface area contributed by atoms with Crippen molar-refractivity contribution in [2.45, 2.75) is 43.2 Å². The summed E-state index contributed by atoms with van der Waals surface area (Å²) in [4.78, 5) is 12.3. The van der Waals surface area contributed by atoms with Gasteiger partial charge in [-0.1, -0.05) is 6.07 Å². The van der Waals surface area contributed by atoms with Crippen molar-refractivity contribution < 1.29 is 35.8 Å². The van der Waals surface area contributed by atoms with Crippen molar-refractivity contribution in [1.82, 2.24) is 14.9 Å². The SMILES string of the molecule is CN(c1nc(OCC23CCCN2CC(F)C3)nc2c(F)c(-c3ccc(F)c4sc(N)c(C#N)c34)c(C(F)(F)F)cc12)C1COC1. The number of nitriles is 1. The van der Waals surface area contributed by atoms with E-state index >= 15 is 4.39 Å². The zero-order valence-corrected chi connectivity index (χ0v) is 24.7. The van der Waals surface area contributed by atoms with Gasteiger partial charge < -0.3 is 20.1 Å². The first-order valence-corrected chi connectivity index (χ1v) is 15.1. The molecule has 0 saturated carbocycles. The third-order valence-corrected chi connectivity index (χ3v) is 10.2. The maximum Gasteiger partial charge on any atom is 0.417 e. The van der Waals surface area contributed by atoms with E-state index in [1.54, 1.807) is 11.9 Å². The fourth-order valence-corrected chi connectivity index (χ4v) is 7.74. The Morgan fingerprint density at radius 1 is 1.27 bits per heavy atom. The molecule has 2 atom stereocenters. The average Bonchev–Trinajstić information content (AvgIpc) is 3.60. The topological polar surface area (TPSA) is 101 Å². The first-order valence-electron chi connectivity index (χ1n) is 14.3. The monoisotopic (exact) mass is 648 g/mol. The Morgan fingerprint density at radius 3 is 2.73 bits per heavy atom. The van der Waals surface area contributed by atoms with Crippen LogP contribution in [0.5, 0.6) is 6.01 Å². The summed E-state index contributed by atoms with van der Waals surface area (Å²) in [6, 6.07) is 3.97. The molecule has 3 saturated heterocycles. The third-order valence-electron chi connectivity index (χ3n) is 9.13. The first kappa shape index (κ1) is 29.8. The molecule has 3 aliphatic rings. The molecule has 0 amide bonds. The van der Waals surface area contributed by atoms with Crippen LogP contribution in [0.25, 0.3) is 32.1 Å². The third kappa shape index (κ3) is 4.72. The summed E-state index contributed by atoms with van der Waals surface area (Å²) in [6.45, 7) is 1.57. The number of rotatable bonds is 6. The van der Waals surface area contributed by atoms with E-state index in [0.29, 0.717) is 24.3 Å². The van der Waals surface area contributed by atoms with E-state index in [0.717, 1.165) is 24.6 Å². The van der Waals surface area contributed by atoms with Gasteiger partial charge in [0.15, 0.2) is 5.82 Å². The van der Waals surface area contributed by atoms with Crippen LogP contribution in [-0.4, -0.2) is 72.6 Å². The summed E-state index contributed by atoms with van der Waals surface area (Å²) in [5, 5.41) is 9.19. The first-order chi connectivity index (χ1) is 21.4. The quantitative estimate of drug-likeness (QED) is 0.252. The van der Waals surface area contributed by atoms with Gasteiger partial charge in [0.2, 0.25) is 0 Å². The number of anilines is 2. The summed E-state index contributed by atoms with van der Waals surface area (Å²) < 4.78 is 101. The minimum absolute atomic E-state index is 0.00318. The Kier molecular flexibility index (Phi) is 7.03. The highest BCUT2D eigenvalue weighted by molar-refractivity contribution is 7.23. The number of hydrogen-bond donors (Lipinski definition) is 1. The zero-order valence-electron chi connectivity index (χ0n) is 23.8. The van der Waals surface area contributed by atoms with Gasteiger partial charge in [-0.25, -0.2) is 13.2 Å². The molecule has 2 aromatic heterocycles. The van der Waals surface area contributed by atoms with Crippen molar-refractivity contribution in [3.05, 3.63) is 41.0 Å². The summed E-state index contributed by atoms with van der Waals surface area (Å²) in [5.74, 6) is -2.16. The summed E-state index contributed by atoms with van der Waals surface area (Å²) >= 11 is 0.690. The number of likely N-dealkylation sites (N-methyl/N-ethyl adjacent to an activating group) is 1. The Morgan fingerprint density at radius 2 is 2.04 bits per heavy atom. The maximum atomic E-state index is 16.8. The molecule has 3 fully saturated rings. The van der Waals surface area contributed by atoms with Crippen LogP contribution in [0, 0.1) is 23.0 Å². The number of hydrogen-bond acceptors (Lipinski definition) is 9. The normalized spacial score (nSPS) is 22.1. The summed E-state index contributed by atoms with van der Waals surface area (Å²) in [5.41, 5.74) is 2.01. The van der Waals surface area contributed by atoms with E-state index < -0.39 is 46.2 Å². The molecule has 2 unspecified atom stereocenters. The minimum atomic E-state index is -5.07. The molecule has 4 aromatic rings. The van der Waals surface area contributed by atoms with Crippen LogP contribution < -0.4 is 15.4 Å². The number of halogens is 6. The molecule has 236 valence electrons. The van der Waals surface area contributed by atoms with Crippen molar-refractivity contribution in [1.29, 1.82) is 5.26 Å². The second-order valence-electron chi connectivity index (χ2n) is 11.8. The van der Waals surface area contributed by atoms with Crippen LogP contribution in [0.1, 0.15) is 30.4 Å². The summed E-state index contributed by atoms with van der Waals surface area (Å²) in [7, 11) is 1.61. The molecule has 8 nitrogen and oxygen atoms in total. The van der Waals surface area contributed by atoms with Gasteiger partial charge in [0, 0.05) is 36.3 Å². The van der Waals surface area contributed by atoms with Crippen LogP contribution in [-0.2, 0) is 10.9 Å². The van der Waals surface area contributed by atoms with E-state index in [4.69, 9.17) is 15.2 Å². The van der Waals surface area contributed by atoms with Crippen LogP contribution in [0.3, 0.4) is 0 Å². The number of aromatic nitrogens is 2. The Bertz CT molecular complexity index is 1890. The highest BCUT2D eigenvalue weighted by Gasteiger charge is 2.49. The van der Waals surface area contributed by atoms with Crippen LogP contribution in [0.4, 0.5) is 37.2 Å². The van der Waals surface area contributed by atoms with Crippen molar-refractivity contribution >= 4 is 43.1 Å². The fourth-order valence-electron chi connectivity index (χ4n) is 6.79. The van der Waals surface area contributed by atoms with Gasteiger partial charge in [-0.05, 0) is 37.1 Å². The number of ether oxygens (including phenoxy) is 2.